The molecule has 0 unspecified atom stereocenters. The Morgan fingerprint density at radius 2 is 1.05 bits per heavy atom. The highest BCUT2D eigenvalue weighted by Crippen LogP contribution is 2.26. The zero-order valence-corrected chi connectivity index (χ0v) is 12.0. The second kappa shape index (κ2) is 7.36. The highest BCUT2D eigenvalue weighted by Gasteiger charge is 1.99. The third-order valence-electron chi connectivity index (χ3n) is 2.84. The minimum Gasteiger partial charge on any atom is -0.504 e. The fourth-order valence-electron chi connectivity index (χ4n) is 1.78. The van der Waals surface area contributed by atoms with Crippen molar-refractivity contribution in [1.29, 1.82) is 0 Å². The molecule has 0 heterocycles. The van der Waals surface area contributed by atoms with Gasteiger partial charge in [0, 0.05) is 10.6 Å². The Balaban J connectivity index is 0.000000173. The molecule has 0 atom stereocenters. The van der Waals surface area contributed by atoms with Crippen LogP contribution in [-0.2, 0) is 0 Å². The quantitative estimate of drug-likeness (QED) is 0.613. The third-order valence-corrected chi connectivity index (χ3v) is 3.17. The molecular weight excluding hydrogens is 284 g/mol. The maximum atomic E-state index is 8.67. The van der Waals surface area contributed by atoms with Crippen molar-refractivity contribution < 1.29 is 10.2 Å². The molecule has 3 heteroatoms. The molecule has 0 bridgehead atoms. The van der Waals surface area contributed by atoms with Crippen molar-refractivity contribution in [2.24, 2.45) is 0 Å². The van der Waals surface area contributed by atoms with Crippen LogP contribution in [0.15, 0.2) is 78.9 Å². The summed E-state index contributed by atoms with van der Waals surface area (Å²) in [7, 11) is 0. The van der Waals surface area contributed by atoms with Crippen molar-refractivity contribution in [3.8, 4) is 22.6 Å². The molecule has 0 spiro atoms. The fraction of sp³-hybridized carbons (Fsp3) is 0. The van der Waals surface area contributed by atoms with Gasteiger partial charge in [-0.05, 0) is 23.8 Å². The molecule has 0 radical (unpaired) electrons. The average molecular weight is 299 g/mol. The lowest BCUT2D eigenvalue weighted by molar-refractivity contribution is 0.404. The SMILES string of the molecule is Clc1ccccc1-c1ccccc1.Oc1ccccc1O. The summed E-state index contributed by atoms with van der Waals surface area (Å²) in [4.78, 5) is 0. The molecule has 3 aromatic rings. The Morgan fingerprint density at radius 3 is 1.57 bits per heavy atom. The number of aromatic hydroxyl groups is 2. The highest BCUT2D eigenvalue weighted by molar-refractivity contribution is 6.33. The van der Waals surface area contributed by atoms with E-state index in [2.05, 4.69) is 12.1 Å². The van der Waals surface area contributed by atoms with Crippen LogP contribution in [0.3, 0.4) is 0 Å². The van der Waals surface area contributed by atoms with Crippen LogP contribution in [0.25, 0.3) is 11.1 Å². The van der Waals surface area contributed by atoms with Gasteiger partial charge in [0.2, 0.25) is 0 Å². The van der Waals surface area contributed by atoms with E-state index in [1.165, 1.54) is 12.1 Å². The molecule has 0 saturated carbocycles. The molecule has 0 aliphatic heterocycles. The van der Waals surface area contributed by atoms with Gasteiger partial charge in [0.25, 0.3) is 0 Å². The predicted molar refractivity (Wildman–Crippen MR) is 86.7 cm³/mol. The number of rotatable bonds is 1. The minimum atomic E-state index is -0.0764. The smallest absolute Gasteiger partial charge is 0.157 e. The van der Waals surface area contributed by atoms with Crippen molar-refractivity contribution in [2.45, 2.75) is 0 Å². The molecule has 2 nitrogen and oxygen atoms in total. The van der Waals surface area contributed by atoms with Gasteiger partial charge in [0.1, 0.15) is 0 Å². The lowest BCUT2D eigenvalue weighted by Gasteiger charge is -2.02. The summed E-state index contributed by atoms with van der Waals surface area (Å²) < 4.78 is 0. The van der Waals surface area contributed by atoms with E-state index in [0.717, 1.165) is 16.1 Å². The fourth-order valence-corrected chi connectivity index (χ4v) is 2.02. The van der Waals surface area contributed by atoms with Gasteiger partial charge in [-0.3, -0.25) is 0 Å². The minimum absolute atomic E-state index is 0.0764. The van der Waals surface area contributed by atoms with Crippen molar-refractivity contribution in [1.82, 2.24) is 0 Å². The van der Waals surface area contributed by atoms with E-state index in [9.17, 15) is 0 Å². The van der Waals surface area contributed by atoms with Gasteiger partial charge in [-0.1, -0.05) is 72.3 Å². The molecule has 21 heavy (non-hydrogen) atoms. The maximum absolute atomic E-state index is 8.67. The van der Waals surface area contributed by atoms with Crippen LogP contribution in [-0.4, -0.2) is 10.2 Å². The number of benzene rings is 3. The van der Waals surface area contributed by atoms with Crippen LogP contribution in [0.4, 0.5) is 0 Å². The summed E-state index contributed by atoms with van der Waals surface area (Å²) in [6.45, 7) is 0. The molecule has 106 valence electrons. The summed E-state index contributed by atoms with van der Waals surface area (Å²) in [6, 6.07) is 24.2. The van der Waals surface area contributed by atoms with Crippen molar-refractivity contribution >= 4 is 11.6 Å². The Morgan fingerprint density at radius 1 is 0.571 bits per heavy atom. The van der Waals surface area contributed by atoms with E-state index in [1.54, 1.807) is 12.1 Å². The van der Waals surface area contributed by atoms with Gasteiger partial charge in [-0.15, -0.1) is 0 Å². The molecule has 0 aliphatic rings. The molecule has 3 aromatic carbocycles. The summed E-state index contributed by atoms with van der Waals surface area (Å²) in [5.74, 6) is -0.153. The molecule has 3 rings (SSSR count). The van der Waals surface area contributed by atoms with Gasteiger partial charge in [0.05, 0.1) is 0 Å². The Bertz CT molecular complexity index is 675. The van der Waals surface area contributed by atoms with Gasteiger partial charge < -0.3 is 10.2 Å². The normalized spacial score (nSPS) is 9.57. The van der Waals surface area contributed by atoms with E-state index in [0.29, 0.717) is 0 Å². The summed E-state index contributed by atoms with van der Waals surface area (Å²) in [6.07, 6.45) is 0. The van der Waals surface area contributed by atoms with Gasteiger partial charge in [0.15, 0.2) is 11.5 Å². The van der Waals surface area contributed by atoms with Gasteiger partial charge >= 0.3 is 0 Å². The molecule has 0 saturated heterocycles. The van der Waals surface area contributed by atoms with Crippen molar-refractivity contribution in [3.63, 3.8) is 0 Å². The first-order valence-electron chi connectivity index (χ1n) is 6.45. The molecule has 0 aliphatic carbocycles. The number of phenols is 2. The van der Waals surface area contributed by atoms with Crippen LogP contribution in [0.1, 0.15) is 0 Å². The predicted octanol–water partition coefficient (Wildman–Crippen LogP) is 5.10. The zero-order valence-electron chi connectivity index (χ0n) is 11.3. The molecule has 0 aromatic heterocycles. The number of hydrogen-bond acceptors (Lipinski definition) is 2. The Labute approximate surface area is 128 Å². The lowest BCUT2D eigenvalue weighted by atomic mass is 10.1. The molecular formula is C18H15ClO2. The summed E-state index contributed by atoms with van der Waals surface area (Å²) in [5.41, 5.74) is 2.25. The van der Waals surface area contributed by atoms with E-state index >= 15 is 0 Å². The van der Waals surface area contributed by atoms with Gasteiger partial charge in [-0.2, -0.15) is 0 Å². The van der Waals surface area contributed by atoms with Crippen LogP contribution in [0, 0.1) is 0 Å². The van der Waals surface area contributed by atoms with E-state index in [1.807, 2.05) is 42.5 Å². The maximum Gasteiger partial charge on any atom is 0.157 e. The first-order chi connectivity index (χ1) is 10.2. The van der Waals surface area contributed by atoms with Crippen LogP contribution < -0.4 is 0 Å². The standard InChI is InChI=1S/C12H9Cl.C6H6O2/c13-12-9-5-4-8-11(12)10-6-2-1-3-7-10;7-5-3-1-2-4-6(5)8/h1-9H;1-4,7-8H. The molecule has 0 amide bonds. The van der Waals surface area contributed by atoms with Crippen molar-refractivity contribution in [3.05, 3.63) is 83.9 Å². The summed E-state index contributed by atoms with van der Waals surface area (Å²) in [5, 5.41) is 18.1. The van der Waals surface area contributed by atoms with E-state index < -0.39 is 0 Å². The van der Waals surface area contributed by atoms with Crippen molar-refractivity contribution in [2.75, 3.05) is 0 Å². The number of hydrogen-bond donors (Lipinski definition) is 2. The van der Waals surface area contributed by atoms with Crippen LogP contribution in [0.2, 0.25) is 5.02 Å². The number of para-hydroxylation sites is 2. The van der Waals surface area contributed by atoms with E-state index in [4.69, 9.17) is 21.8 Å². The second-order valence-corrected chi connectivity index (χ2v) is 4.74. The van der Waals surface area contributed by atoms with E-state index in [-0.39, 0.29) is 11.5 Å². The first-order valence-corrected chi connectivity index (χ1v) is 6.83. The van der Waals surface area contributed by atoms with Gasteiger partial charge in [-0.25, -0.2) is 0 Å². The largest absolute Gasteiger partial charge is 0.504 e. The number of phenolic OH excluding ortho intramolecular Hbond substituents is 2. The average Bonchev–Trinajstić information content (AvgIpc) is 2.52. The Kier molecular flexibility index (Phi) is 5.24. The number of halogens is 1. The second-order valence-electron chi connectivity index (χ2n) is 4.33. The molecule has 2 N–H and O–H groups in total. The molecule has 0 fully saturated rings. The monoisotopic (exact) mass is 298 g/mol. The third kappa shape index (κ3) is 4.26. The van der Waals surface area contributed by atoms with Crippen LogP contribution >= 0.6 is 11.6 Å². The van der Waals surface area contributed by atoms with Crippen LogP contribution in [0.5, 0.6) is 11.5 Å². The lowest BCUT2D eigenvalue weighted by Crippen LogP contribution is -1.77. The Hall–Kier alpha value is -2.45. The first kappa shape index (κ1) is 14.9. The highest BCUT2D eigenvalue weighted by atomic mass is 35.5. The topological polar surface area (TPSA) is 40.5 Å². The summed E-state index contributed by atoms with van der Waals surface area (Å²) >= 11 is 6.06. The zero-order chi connectivity index (χ0) is 15.1.